The van der Waals surface area contributed by atoms with E-state index < -0.39 is 5.82 Å². The van der Waals surface area contributed by atoms with E-state index >= 15 is 0 Å². The summed E-state index contributed by atoms with van der Waals surface area (Å²) >= 11 is 1.19. The van der Waals surface area contributed by atoms with Gasteiger partial charge in [-0.15, -0.1) is 0 Å². The molecule has 2 aromatic carbocycles. The Bertz CT molecular complexity index is 927. The number of ether oxygens (including phenoxy) is 2. The van der Waals surface area contributed by atoms with Gasteiger partial charge in [0.25, 0.3) is 5.91 Å². The van der Waals surface area contributed by atoms with E-state index in [4.69, 9.17) is 9.47 Å². The summed E-state index contributed by atoms with van der Waals surface area (Å²) in [5.41, 5.74) is 0.921. The van der Waals surface area contributed by atoms with Crippen LogP contribution in [0.4, 0.5) is 10.1 Å². The van der Waals surface area contributed by atoms with Crippen LogP contribution in [-0.2, 0) is 4.79 Å². The van der Waals surface area contributed by atoms with Gasteiger partial charge in [0.1, 0.15) is 11.5 Å². The molecule has 3 rings (SSSR count). The number of para-hydroxylation sites is 2. The minimum absolute atomic E-state index is 0.192. The first kappa shape index (κ1) is 19.0. The number of thioether (sulfide) groups is 1. The van der Waals surface area contributed by atoms with Crippen LogP contribution in [0.2, 0.25) is 0 Å². The van der Waals surface area contributed by atoms with E-state index in [2.05, 4.69) is 4.99 Å². The van der Waals surface area contributed by atoms with Gasteiger partial charge in [0, 0.05) is 12.6 Å². The predicted molar refractivity (Wildman–Crippen MR) is 106 cm³/mol. The zero-order valence-corrected chi connectivity index (χ0v) is 16.0. The lowest BCUT2D eigenvalue weighted by Crippen LogP contribution is -2.23. The Morgan fingerprint density at radius 3 is 2.70 bits per heavy atom. The third-order valence-electron chi connectivity index (χ3n) is 3.88. The predicted octanol–water partition coefficient (Wildman–Crippen LogP) is 4.47. The van der Waals surface area contributed by atoms with Gasteiger partial charge in [-0.2, -0.15) is 0 Å². The molecule has 0 bridgehead atoms. The van der Waals surface area contributed by atoms with Crippen molar-refractivity contribution in [3.63, 3.8) is 0 Å². The average Bonchev–Trinajstić information content (AvgIpc) is 2.93. The van der Waals surface area contributed by atoms with Crippen molar-refractivity contribution in [2.24, 2.45) is 4.99 Å². The summed E-state index contributed by atoms with van der Waals surface area (Å²) in [6.45, 7) is 2.35. The van der Waals surface area contributed by atoms with E-state index in [1.807, 2.05) is 19.1 Å². The molecule has 2 aromatic rings. The average molecular weight is 386 g/mol. The van der Waals surface area contributed by atoms with Crippen LogP contribution in [0.3, 0.4) is 0 Å². The molecule has 1 aliphatic rings. The Labute approximate surface area is 161 Å². The molecular weight excluding hydrogens is 367 g/mol. The van der Waals surface area contributed by atoms with Gasteiger partial charge in [-0.3, -0.25) is 9.69 Å². The fourth-order valence-electron chi connectivity index (χ4n) is 2.54. The van der Waals surface area contributed by atoms with E-state index in [1.54, 1.807) is 44.5 Å². The second-order valence-electron chi connectivity index (χ2n) is 5.63. The molecular formula is C20H19FN2O3S. The van der Waals surface area contributed by atoms with Gasteiger partial charge >= 0.3 is 0 Å². The van der Waals surface area contributed by atoms with Crippen molar-refractivity contribution in [3.8, 4) is 11.5 Å². The lowest BCUT2D eigenvalue weighted by Gasteiger charge is -2.12. The van der Waals surface area contributed by atoms with Crippen LogP contribution in [0, 0.1) is 5.82 Å². The van der Waals surface area contributed by atoms with Crippen LogP contribution >= 0.6 is 11.8 Å². The van der Waals surface area contributed by atoms with E-state index in [0.29, 0.717) is 28.2 Å². The molecule has 0 unspecified atom stereocenters. The van der Waals surface area contributed by atoms with Crippen LogP contribution in [-0.4, -0.2) is 36.7 Å². The van der Waals surface area contributed by atoms with Crippen LogP contribution in [0.1, 0.15) is 12.5 Å². The highest BCUT2D eigenvalue weighted by Gasteiger charge is 2.31. The van der Waals surface area contributed by atoms with Crippen molar-refractivity contribution < 1.29 is 18.7 Å². The largest absolute Gasteiger partial charge is 0.493 e. The normalized spacial score (nSPS) is 17.0. The first-order valence-corrected chi connectivity index (χ1v) is 9.17. The van der Waals surface area contributed by atoms with Crippen molar-refractivity contribution in [3.05, 3.63) is 58.8 Å². The van der Waals surface area contributed by atoms with Gasteiger partial charge in [0.15, 0.2) is 16.7 Å². The standard InChI is InChI=1S/C20H19FN2O3S/c1-4-26-18-13(8-7-11-16(18)25-3)12-17-19(24)23(2)20(27-17)22-15-10-6-5-9-14(15)21/h5-12H,4H2,1-3H3/b17-12+,22-20?. The molecule has 0 aliphatic carbocycles. The molecule has 0 spiro atoms. The smallest absolute Gasteiger partial charge is 0.266 e. The van der Waals surface area contributed by atoms with E-state index in [0.717, 1.165) is 5.56 Å². The molecule has 27 heavy (non-hydrogen) atoms. The van der Waals surface area contributed by atoms with Crippen LogP contribution in [0.25, 0.3) is 6.08 Å². The zero-order valence-electron chi connectivity index (χ0n) is 15.2. The number of carbonyl (C=O) groups is 1. The number of hydrogen-bond donors (Lipinski definition) is 0. The SMILES string of the molecule is CCOc1c(/C=C2/SC(=Nc3ccccc3F)N(C)C2=O)cccc1OC. The number of halogens is 1. The van der Waals surface area contributed by atoms with Crippen molar-refractivity contribution in [1.29, 1.82) is 0 Å². The highest BCUT2D eigenvalue weighted by atomic mass is 32.2. The molecule has 1 heterocycles. The number of aliphatic imine (C=N–C) groups is 1. The lowest BCUT2D eigenvalue weighted by atomic mass is 10.1. The second-order valence-corrected chi connectivity index (χ2v) is 6.64. The number of nitrogens with zero attached hydrogens (tertiary/aromatic N) is 2. The number of amides is 1. The van der Waals surface area contributed by atoms with Crippen molar-refractivity contribution >= 4 is 34.6 Å². The van der Waals surface area contributed by atoms with Gasteiger partial charge in [-0.25, -0.2) is 9.38 Å². The van der Waals surface area contributed by atoms with Crippen LogP contribution in [0.5, 0.6) is 11.5 Å². The van der Waals surface area contributed by atoms with Crippen molar-refractivity contribution in [2.75, 3.05) is 20.8 Å². The third-order valence-corrected chi connectivity index (χ3v) is 4.94. The first-order chi connectivity index (χ1) is 13.0. The fourth-order valence-corrected chi connectivity index (χ4v) is 3.51. The molecule has 1 saturated heterocycles. The molecule has 7 heteroatoms. The number of methoxy groups -OCH3 is 1. The maximum absolute atomic E-state index is 13.9. The highest BCUT2D eigenvalue weighted by Crippen LogP contribution is 2.37. The molecule has 5 nitrogen and oxygen atoms in total. The molecule has 0 N–H and O–H groups in total. The topological polar surface area (TPSA) is 51.1 Å². The van der Waals surface area contributed by atoms with E-state index in [9.17, 15) is 9.18 Å². The summed E-state index contributed by atoms with van der Waals surface area (Å²) in [7, 11) is 3.18. The minimum atomic E-state index is -0.435. The summed E-state index contributed by atoms with van der Waals surface area (Å²) in [6.07, 6.45) is 1.74. The summed E-state index contributed by atoms with van der Waals surface area (Å²) in [5.74, 6) is 0.524. The molecule has 1 aliphatic heterocycles. The Morgan fingerprint density at radius 1 is 1.22 bits per heavy atom. The number of rotatable bonds is 5. The Balaban J connectivity index is 1.97. The summed E-state index contributed by atoms with van der Waals surface area (Å²) in [4.78, 5) is 18.8. The van der Waals surface area contributed by atoms with Gasteiger partial charge < -0.3 is 9.47 Å². The molecule has 0 aromatic heterocycles. The summed E-state index contributed by atoms with van der Waals surface area (Å²) < 4.78 is 24.9. The fraction of sp³-hybridized carbons (Fsp3) is 0.200. The monoisotopic (exact) mass is 386 g/mol. The Kier molecular flexibility index (Phi) is 5.81. The Hall–Kier alpha value is -2.80. The van der Waals surface area contributed by atoms with Gasteiger partial charge in [-0.05, 0) is 43.0 Å². The van der Waals surface area contributed by atoms with E-state index in [-0.39, 0.29) is 11.6 Å². The second kappa shape index (κ2) is 8.26. The lowest BCUT2D eigenvalue weighted by molar-refractivity contribution is -0.121. The third kappa shape index (κ3) is 3.98. The Morgan fingerprint density at radius 2 is 2.00 bits per heavy atom. The van der Waals surface area contributed by atoms with Crippen LogP contribution < -0.4 is 9.47 Å². The number of hydrogen-bond acceptors (Lipinski definition) is 5. The quantitative estimate of drug-likeness (QED) is 0.712. The van der Waals surface area contributed by atoms with E-state index in [1.165, 1.54) is 22.7 Å². The molecule has 0 radical (unpaired) electrons. The number of likely N-dealkylation sites (N-methyl/N-ethyl adjacent to an activating group) is 1. The number of carbonyl (C=O) groups excluding carboxylic acids is 1. The number of benzene rings is 2. The maximum Gasteiger partial charge on any atom is 0.266 e. The van der Waals surface area contributed by atoms with Gasteiger partial charge in [0.2, 0.25) is 0 Å². The minimum Gasteiger partial charge on any atom is -0.493 e. The molecule has 1 fully saturated rings. The molecule has 140 valence electrons. The molecule has 1 amide bonds. The molecule has 0 atom stereocenters. The van der Waals surface area contributed by atoms with Crippen molar-refractivity contribution in [2.45, 2.75) is 6.92 Å². The first-order valence-electron chi connectivity index (χ1n) is 8.35. The molecule has 0 saturated carbocycles. The summed E-state index contributed by atoms with van der Waals surface area (Å²) in [6, 6.07) is 11.7. The van der Waals surface area contributed by atoms with Crippen molar-refractivity contribution in [1.82, 2.24) is 4.90 Å². The highest BCUT2D eigenvalue weighted by molar-refractivity contribution is 8.18. The van der Waals surface area contributed by atoms with Gasteiger partial charge in [0.05, 0.1) is 18.6 Å². The van der Waals surface area contributed by atoms with Crippen LogP contribution in [0.15, 0.2) is 52.4 Å². The zero-order chi connectivity index (χ0) is 19.4. The summed E-state index contributed by atoms with van der Waals surface area (Å²) in [5, 5.41) is 0.414. The number of amidine groups is 1. The maximum atomic E-state index is 13.9. The van der Waals surface area contributed by atoms with Gasteiger partial charge in [-0.1, -0.05) is 24.3 Å².